The molecule has 94 valence electrons. The zero-order valence-electron chi connectivity index (χ0n) is 9.93. The molecule has 5 heteroatoms. The summed E-state index contributed by atoms with van der Waals surface area (Å²) < 4.78 is 27.3. The van der Waals surface area contributed by atoms with E-state index in [4.69, 9.17) is 0 Å². The average Bonchev–Trinajstić information content (AvgIpc) is 2.58. The summed E-state index contributed by atoms with van der Waals surface area (Å²) in [5.41, 5.74) is 0. The normalized spacial score (nSPS) is 26.3. The third-order valence-corrected chi connectivity index (χ3v) is 5.60. The van der Waals surface area contributed by atoms with Crippen molar-refractivity contribution in [3.05, 3.63) is 28.7 Å². The van der Waals surface area contributed by atoms with E-state index in [-0.39, 0.29) is 6.04 Å². The van der Waals surface area contributed by atoms with Crippen molar-refractivity contribution in [2.24, 2.45) is 5.92 Å². The smallest absolute Gasteiger partial charge is 0.207 e. The van der Waals surface area contributed by atoms with E-state index in [9.17, 15) is 8.42 Å². The highest BCUT2D eigenvalue weighted by Gasteiger charge is 2.35. The third-order valence-electron chi connectivity index (χ3n) is 3.13. The number of benzene rings is 1. The summed E-state index contributed by atoms with van der Waals surface area (Å²) in [6.07, 6.45) is 0.938. The second-order valence-corrected chi connectivity index (χ2v) is 7.53. The van der Waals surface area contributed by atoms with Crippen LogP contribution in [-0.4, -0.2) is 25.3 Å². The van der Waals surface area contributed by atoms with Gasteiger partial charge in [-0.1, -0.05) is 28.9 Å². The largest absolute Gasteiger partial charge is 0.243 e. The van der Waals surface area contributed by atoms with Gasteiger partial charge in [-0.15, -0.1) is 0 Å². The van der Waals surface area contributed by atoms with Crippen LogP contribution in [0.2, 0.25) is 0 Å². The summed E-state index contributed by atoms with van der Waals surface area (Å²) in [7, 11) is -3.34. The first-order chi connectivity index (χ1) is 7.91. The Kier molecular flexibility index (Phi) is 3.61. The molecule has 2 atom stereocenters. The van der Waals surface area contributed by atoms with Gasteiger partial charge in [-0.25, -0.2) is 8.42 Å². The van der Waals surface area contributed by atoms with Gasteiger partial charge in [-0.05, 0) is 37.5 Å². The number of sulfonamides is 1. The average molecular weight is 318 g/mol. The molecule has 1 aromatic carbocycles. The van der Waals surface area contributed by atoms with Crippen molar-refractivity contribution in [2.75, 3.05) is 6.54 Å². The van der Waals surface area contributed by atoms with Crippen LogP contribution in [0.1, 0.15) is 20.3 Å². The predicted octanol–water partition coefficient (Wildman–Crippen LogP) is 2.87. The van der Waals surface area contributed by atoms with Crippen LogP contribution in [0.4, 0.5) is 0 Å². The van der Waals surface area contributed by atoms with E-state index < -0.39 is 10.0 Å². The fraction of sp³-hybridized carbons (Fsp3) is 0.500. The minimum Gasteiger partial charge on any atom is -0.207 e. The number of rotatable bonds is 2. The molecule has 0 bridgehead atoms. The Morgan fingerprint density at radius 2 is 2.06 bits per heavy atom. The lowest BCUT2D eigenvalue weighted by molar-refractivity contribution is 0.405. The number of nitrogens with zero attached hydrogens (tertiary/aromatic N) is 1. The summed E-state index contributed by atoms with van der Waals surface area (Å²) in [5.74, 6) is 0.437. The summed E-state index contributed by atoms with van der Waals surface area (Å²) >= 11 is 3.31. The van der Waals surface area contributed by atoms with Gasteiger partial charge in [0.15, 0.2) is 0 Å². The van der Waals surface area contributed by atoms with Gasteiger partial charge in [0, 0.05) is 17.1 Å². The maximum atomic E-state index is 12.4. The van der Waals surface area contributed by atoms with Crippen LogP contribution in [0.15, 0.2) is 33.6 Å². The first-order valence-corrected chi connectivity index (χ1v) is 7.92. The molecule has 0 aliphatic carbocycles. The Bertz CT molecular complexity index is 515. The lowest BCUT2D eigenvalue weighted by Crippen LogP contribution is -2.33. The monoisotopic (exact) mass is 317 g/mol. The van der Waals surface area contributed by atoms with Crippen molar-refractivity contribution in [1.82, 2.24) is 4.31 Å². The van der Waals surface area contributed by atoms with Crippen LogP contribution in [-0.2, 0) is 10.0 Å². The predicted molar refractivity (Wildman–Crippen MR) is 71.3 cm³/mol. The topological polar surface area (TPSA) is 37.4 Å². The van der Waals surface area contributed by atoms with Crippen molar-refractivity contribution in [2.45, 2.75) is 31.2 Å². The molecule has 1 saturated heterocycles. The molecular weight excluding hydrogens is 302 g/mol. The van der Waals surface area contributed by atoms with Crippen molar-refractivity contribution >= 4 is 26.0 Å². The van der Waals surface area contributed by atoms with E-state index >= 15 is 0 Å². The van der Waals surface area contributed by atoms with Crippen LogP contribution in [0.25, 0.3) is 0 Å². The second kappa shape index (κ2) is 4.71. The zero-order valence-corrected chi connectivity index (χ0v) is 12.3. The van der Waals surface area contributed by atoms with E-state index in [2.05, 4.69) is 22.9 Å². The lowest BCUT2D eigenvalue weighted by Gasteiger charge is -2.21. The van der Waals surface area contributed by atoms with E-state index in [1.54, 1.807) is 22.5 Å². The number of halogens is 1. The van der Waals surface area contributed by atoms with Gasteiger partial charge in [0.1, 0.15) is 0 Å². The molecule has 0 radical (unpaired) electrons. The Morgan fingerprint density at radius 3 is 2.59 bits per heavy atom. The maximum Gasteiger partial charge on any atom is 0.243 e. The molecule has 0 N–H and O–H groups in total. The van der Waals surface area contributed by atoms with Crippen LogP contribution in [0.3, 0.4) is 0 Å². The molecule has 0 spiro atoms. The van der Waals surface area contributed by atoms with Crippen molar-refractivity contribution in [1.29, 1.82) is 0 Å². The number of hydrogen-bond acceptors (Lipinski definition) is 2. The van der Waals surface area contributed by atoms with Crippen molar-refractivity contribution in [3.63, 3.8) is 0 Å². The Hall–Kier alpha value is -0.390. The van der Waals surface area contributed by atoms with Crippen molar-refractivity contribution < 1.29 is 8.42 Å². The Labute approximate surface area is 111 Å². The summed E-state index contributed by atoms with van der Waals surface area (Å²) in [6, 6.07) is 6.98. The molecule has 1 aromatic rings. The summed E-state index contributed by atoms with van der Waals surface area (Å²) in [5, 5.41) is 0. The van der Waals surface area contributed by atoms with Gasteiger partial charge in [0.2, 0.25) is 10.0 Å². The van der Waals surface area contributed by atoms with Crippen molar-refractivity contribution in [3.8, 4) is 0 Å². The quantitative estimate of drug-likeness (QED) is 0.841. The molecular formula is C12H16BrNO2S. The van der Waals surface area contributed by atoms with Gasteiger partial charge in [0.25, 0.3) is 0 Å². The van der Waals surface area contributed by atoms with Crippen LogP contribution < -0.4 is 0 Å². The van der Waals surface area contributed by atoms with Gasteiger partial charge in [0.05, 0.1) is 4.90 Å². The zero-order chi connectivity index (χ0) is 12.6. The maximum absolute atomic E-state index is 12.4. The fourth-order valence-electron chi connectivity index (χ4n) is 2.36. The minimum atomic E-state index is -3.34. The Morgan fingerprint density at radius 1 is 1.35 bits per heavy atom. The third kappa shape index (κ3) is 2.56. The molecule has 1 aliphatic rings. The van der Waals surface area contributed by atoms with Gasteiger partial charge in [-0.3, -0.25) is 0 Å². The molecule has 0 amide bonds. The highest BCUT2D eigenvalue weighted by Crippen LogP contribution is 2.29. The second-order valence-electron chi connectivity index (χ2n) is 4.72. The van der Waals surface area contributed by atoms with Gasteiger partial charge >= 0.3 is 0 Å². The lowest BCUT2D eigenvalue weighted by atomic mass is 10.1. The van der Waals surface area contributed by atoms with E-state index in [1.165, 1.54) is 0 Å². The minimum absolute atomic E-state index is 0.0916. The molecule has 1 fully saturated rings. The Balaban J connectivity index is 2.37. The van der Waals surface area contributed by atoms with E-state index in [0.29, 0.717) is 17.4 Å². The van der Waals surface area contributed by atoms with Crippen LogP contribution >= 0.6 is 15.9 Å². The standard InChI is InChI=1S/C12H16BrNO2S/c1-9-6-10(2)14(8-9)17(15,16)12-5-3-4-11(13)7-12/h3-5,7,9-10H,6,8H2,1-2H3. The fourth-order valence-corrected chi connectivity index (χ4v) is 4.72. The molecule has 2 rings (SSSR count). The highest BCUT2D eigenvalue weighted by atomic mass is 79.9. The van der Waals surface area contributed by atoms with E-state index in [1.807, 2.05) is 13.0 Å². The molecule has 3 nitrogen and oxygen atoms in total. The molecule has 1 heterocycles. The molecule has 0 saturated carbocycles. The van der Waals surface area contributed by atoms with E-state index in [0.717, 1.165) is 10.9 Å². The SMILES string of the molecule is CC1CC(C)N(S(=O)(=O)c2cccc(Br)c2)C1. The van der Waals surface area contributed by atoms with Crippen LogP contribution in [0.5, 0.6) is 0 Å². The van der Waals surface area contributed by atoms with Gasteiger partial charge < -0.3 is 0 Å². The first-order valence-electron chi connectivity index (χ1n) is 5.68. The summed E-state index contributed by atoms with van der Waals surface area (Å²) in [6.45, 7) is 4.68. The van der Waals surface area contributed by atoms with Gasteiger partial charge in [-0.2, -0.15) is 4.31 Å². The molecule has 17 heavy (non-hydrogen) atoms. The summed E-state index contributed by atoms with van der Waals surface area (Å²) in [4.78, 5) is 0.368. The molecule has 2 unspecified atom stereocenters. The highest BCUT2D eigenvalue weighted by molar-refractivity contribution is 9.10. The molecule has 1 aliphatic heterocycles. The first kappa shape index (κ1) is 13.1. The molecule has 0 aromatic heterocycles. The number of hydrogen-bond donors (Lipinski definition) is 0. The van der Waals surface area contributed by atoms with Crippen LogP contribution in [0, 0.1) is 5.92 Å².